The first-order chi connectivity index (χ1) is 14.9. The van der Waals surface area contributed by atoms with Gasteiger partial charge in [0.05, 0.1) is 17.3 Å². The third-order valence-electron chi connectivity index (χ3n) is 5.42. The normalized spacial score (nSPS) is 16.0. The summed E-state index contributed by atoms with van der Waals surface area (Å²) in [6.45, 7) is 0.744. The monoisotopic (exact) mass is 443 g/mol. The molecule has 1 aromatic heterocycles. The molecule has 4 rings (SSSR count). The number of aromatic nitrogens is 2. The van der Waals surface area contributed by atoms with Gasteiger partial charge < -0.3 is 10.0 Å². The molecule has 1 aliphatic rings. The molecule has 2 heterocycles. The maximum absolute atomic E-state index is 13.5. The van der Waals surface area contributed by atoms with E-state index in [0.29, 0.717) is 22.2 Å². The number of hydrogen-bond donors (Lipinski definition) is 1. The Hall–Kier alpha value is -3.06. The van der Waals surface area contributed by atoms with Crippen LogP contribution in [-0.2, 0) is 12.8 Å². The molecule has 5 nitrogen and oxygen atoms in total. The van der Waals surface area contributed by atoms with Gasteiger partial charge in [-0.1, -0.05) is 23.7 Å². The fourth-order valence-electron chi connectivity index (χ4n) is 3.97. The van der Waals surface area contributed by atoms with E-state index in [4.69, 9.17) is 11.6 Å². The van der Waals surface area contributed by atoms with Gasteiger partial charge in [0.25, 0.3) is 0 Å². The van der Waals surface area contributed by atoms with Gasteiger partial charge in [0, 0.05) is 23.8 Å². The Morgan fingerprint density at radius 3 is 2.52 bits per heavy atom. The van der Waals surface area contributed by atoms with E-state index in [-0.39, 0.29) is 24.4 Å². The van der Waals surface area contributed by atoms with Crippen LogP contribution in [0.25, 0.3) is 0 Å². The molecule has 160 valence electrons. The van der Waals surface area contributed by atoms with E-state index in [2.05, 4.69) is 14.9 Å². The summed E-state index contributed by atoms with van der Waals surface area (Å²) in [5.41, 5.74) is 1.85. The lowest BCUT2D eigenvalue weighted by Crippen LogP contribution is -2.25. The van der Waals surface area contributed by atoms with E-state index in [1.165, 1.54) is 18.3 Å². The number of carboxylic acid groups (broad SMARTS) is 1. The van der Waals surface area contributed by atoms with Gasteiger partial charge in [-0.15, -0.1) is 0 Å². The topological polar surface area (TPSA) is 66.3 Å². The van der Waals surface area contributed by atoms with Gasteiger partial charge in [-0.25, -0.2) is 23.5 Å². The predicted octanol–water partition coefficient (Wildman–Crippen LogP) is 5.23. The number of rotatable bonds is 6. The van der Waals surface area contributed by atoms with Crippen LogP contribution in [-0.4, -0.2) is 27.6 Å². The Kier molecular flexibility index (Phi) is 6.13. The van der Waals surface area contributed by atoms with Crippen molar-refractivity contribution >= 4 is 23.5 Å². The van der Waals surface area contributed by atoms with Gasteiger partial charge in [-0.2, -0.15) is 0 Å². The maximum Gasteiger partial charge on any atom is 0.339 e. The zero-order valence-electron chi connectivity index (χ0n) is 16.6. The number of aromatic carboxylic acids is 1. The number of carboxylic acids is 1. The molecule has 1 aliphatic heterocycles. The van der Waals surface area contributed by atoms with Crippen molar-refractivity contribution in [2.45, 2.75) is 31.7 Å². The predicted molar refractivity (Wildman–Crippen MR) is 114 cm³/mol. The Morgan fingerprint density at radius 2 is 1.84 bits per heavy atom. The van der Waals surface area contributed by atoms with E-state index in [9.17, 15) is 18.7 Å². The van der Waals surface area contributed by atoms with Crippen molar-refractivity contribution < 1.29 is 18.7 Å². The summed E-state index contributed by atoms with van der Waals surface area (Å²) in [6, 6.07) is 11.0. The number of hydrogen-bond acceptors (Lipinski definition) is 4. The van der Waals surface area contributed by atoms with Crippen LogP contribution in [0.5, 0.6) is 0 Å². The average molecular weight is 444 g/mol. The van der Waals surface area contributed by atoms with E-state index in [0.717, 1.165) is 31.0 Å². The zero-order chi connectivity index (χ0) is 22.0. The van der Waals surface area contributed by atoms with Gasteiger partial charge in [-0.05, 0) is 61.1 Å². The lowest BCUT2D eigenvalue weighted by molar-refractivity contribution is 0.0694. The minimum Gasteiger partial charge on any atom is -0.478 e. The van der Waals surface area contributed by atoms with Crippen molar-refractivity contribution in [3.8, 4) is 0 Å². The second kappa shape index (κ2) is 8.98. The van der Waals surface area contributed by atoms with Crippen molar-refractivity contribution in [2.24, 2.45) is 0 Å². The third kappa shape index (κ3) is 4.82. The highest BCUT2D eigenvalue weighted by Crippen LogP contribution is 2.35. The number of aryl methyl sites for hydroxylation is 2. The van der Waals surface area contributed by atoms with E-state index in [1.807, 2.05) is 24.3 Å². The first-order valence-electron chi connectivity index (χ1n) is 9.97. The second-order valence-electron chi connectivity index (χ2n) is 7.52. The average Bonchev–Trinajstić information content (AvgIpc) is 3.21. The molecule has 8 heteroatoms. The van der Waals surface area contributed by atoms with Crippen LogP contribution < -0.4 is 4.90 Å². The Bertz CT molecular complexity index is 1090. The Labute approximate surface area is 183 Å². The molecule has 1 atom stereocenters. The molecule has 1 fully saturated rings. The molecule has 31 heavy (non-hydrogen) atoms. The van der Waals surface area contributed by atoms with Crippen molar-refractivity contribution in [3.05, 3.63) is 87.7 Å². The Balaban J connectivity index is 1.61. The summed E-state index contributed by atoms with van der Waals surface area (Å²) >= 11 is 6.00. The van der Waals surface area contributed by atoms with Crippen LogP contribution in [0.4, 0.5) is 14.7 Å². The summed E-state index contributed by atoms with van der Waals surface area (Å²) in [4.78, 5) is 22.6. The fraction of sp³-hybridized carbons (Fsp3) is 0.261. The van der Waals surface area contributed by atoms with E-state index < -0.39 is 17.6 Å². The molecule has 0 radical (unpaired) electrons. The van der Waals surface area contributed by atoms with Crippen molar-refractivity contribution in [1.29, 1.82) is 0 Å². The summed E-state index contributed by atoms with van der Waals surface area (Å²) in [7, 11) is 0. The standard InChI is InChI=1S/C23H20ClF2N3O2/c24-16-6-4-15(5-7-16)21-2-1-9-29(21)23-27-13-19(22(30)31)20(28-23)8-3-14-10-17(25)12-18(26)11-14/h4-7,10-13,21H,1-3,8-9H2,(H,30,31)/t21-/m0/s1. The molecule has 0 amide bonds. The molecular weight excluding hydrogens is 424 g/mol. The van der Waals surface area contributed by atoms with Crippen LogP contribution in [0, 0.1) is 11.6 Å². The first kappa shape index (κ1) is 21.2. The number of carbonyl (C=O) groups is 1. The molecule has 3 aromatic rings. The minimum atomic E-state index is -1.14. The first-order valence-corrected chi connectivity index (χ1v) is 10.3. The smallest absolute Gasteiger partial charge is 0.339 e. The van der Waals surface area contributed by atoms with Gasteiger partial charge >= 0.3 is 5.97 Å². The van der Waals surface area contributed by atoms with Crippen LogP contribution in [0.1, 0.15) is 46.1 Å². The molecule has 0 saturated carbocycles. The van der Waals surface area contributed by atoms with Gasteiger partial charge in [0.2, 0.25) is 5.95 Å². The number of halogens is 3. The van der Waals surface area contributed by atoms with E-state index >= 15 is 0 Å². The zero-order valence-corrected chi connectivity index (χ0v) is 17.3. The SMILES string of the molecule is O=C(O)c1cnc(N2CCC[C@H]2c2ccc(Cl)cc2)nc1CCc1cc(F)cc(F)c1. The van der Waals surface area contributed by atoms with E-state index in [1.54, 1.807) is 0 Å². The van der Waals surface area contributed by atoms with Crippen molar-refractivity contribution in [3.63, 3.8) is 0 Å². The fourth-order valence-corrected chi connectivity index (χ4v) is 4.10. The highest BCUT2D eigenvalue weighted by atomic mass is 35.5. The van der Waals surface area contributed by atoms with Gasteiger partial charge in [0.15, 0.2) is 0 Å². The summed E-state index contributed by atoms with van der Waals surface area (Å²) in [5, 5.41) is 10.2. The second-order valence-corrected chi connectivity index (χ2v) is 7.95. The molecule has 1 saturated heterocycles. The number of anilines is 1. The largest absolute Gasteiger partial charge is 0.478 e. The molecule has 0 spiro atoms. The highest BCUT2D eigenvalue weighted by molar-refractivity contribution is 6.30. The van der Waals surface area contributed by atoms with Crippen molar-refractivity contribution in [2.75, 3.05) is 11.4 Å². The Morgan fingerprint density at radius 1 is 1.13 bits per heavy atom. The van der Waals surface area contributed by atoms with Crippen LogP contribution >= 0.6 is 11.6 Å². The molecular formula is C23H20ClF2N3O2. The third-order valence-corrected chi connectivity index (χ3v) is 5.67. The van der Waals surface area contributed by atoms with Gasteiger partial charge in [0.1, 0.15) is 11.6 Å². The molecule has 1 N–H and O–H groups in total. The molecule has 2 aromatic carbocycles. The summed E-state index contributed by atoms with van der Waals surface area (Å²) in [5.74, 6) is -2.02. The van der Waals surface area contributed by atoms with Gasteiger partial charge in [-0.3, -0.25) is 0 Å². The molecule has 0 bridgehead atoms. The quantitative estimate of drug-likeness (QED) is 0.564. The summed E-state index contributed by atoms with van der Waals surface area (Å²) in [6.07, 6.45) is 3.66. The van der Waals surface area contributed by atoms with Crippen LogP contribution in [0.3, 0.4) is 0 Å². The maximum atomic E-state index is 13.5. The lowest BCUT2D eigenvalue weighted by atomic mass is 10.0. The molecule has 0 unspecified atom stereocenters. The minimum absolute atomic E-state index is 0.0112. The lowest BCUT2D eigenvalue weighted by Gasteiger charge is -2.25. The number of nitrogens with zero attached hydrogens (tertiary/aromatic N) is 3. The molecule has 0 aliphatic carbocycles. The summed E-state index contributed by atoms with van der Waals surface area (Å²) < 4.78 is 27.0. The van der Waals surface area contributed by atoms with Crippen molar-refractivity contribution in [1.82, 2.24) is 9.97 Å². The van der Waals surface area contributed by atoms with Crippen LogP contribution in [0.2, 0.25) is 5.02 Å². The number of benzene rings is 2. The highest BCUT2D eigenvalue weighted by Gasteiger charge is 2.29. The van der Waals surface area contributed by atoms with Crippen LogP contribution in [0.15, 0.2) is 48.7 Å².